The van der Waals surface area contributed by atoms with Crippen LogP contribution in [-0.2, 0) is 14.8 Å². The van der Waals surface area contributed by atoms with Crippen molar-refractivity contribution in [3.05, 3.63) is 53.0 Å². The summed E-state index contributed by atoms with van der Waals surface area (Å²) >= 11 is 3.28. The first-order valence-electron chi connectivity index (χ1n) is 8.90. The maximum absolute atomic E-state index is 13.1. The van der Waals surface area contributed by atoms with Gasteiger partial charge in [0, 0.05) is 16.7 Å². The van der Waals surface area contributed by atoms with Crippen LogP contribution in [0.25, 0.3) is 0 Å². The van der Waals surface area contributed by atoms with Crippen molar-refractivity contribution >= 4 is 37.5 Å². The number of hydrogen-bond donors (Lipinski definition) is 1. The fourth-order valence-corrected chi connectivity index (χ4v) is 5.06. The molecule has 3 rings (SSSR count). The lowest BCUT2D eigenvalue weighted by Gasteiger charge is -2.33. The molecule has 29 heavy (non-hydrogen) atoms. The number of halogens is 3. The first-order chi connectivity index (χ1) is 13.8. The zero-order valence-electron chi connectivity index (χ0n) is 15.2. The Balaban J connectivity index is 1.76. The number of amides is 1. The number of hydrogen-bond acceptors (Lipinski definition) is 4. The standard InChI is InChI=1S/C19H19BrF2N2O4S/c20-13-4-10-16(11-5-13)29(26,27)24-12-2-1-3-17(24)18(25)23-14-6-8-15(9-7-14)28-19(21)22/h4-11,17,19H,1-3,12H2,(H,23,25). The number of ether oxygens (including phenoxy) is 1. The lowest BCUT2D eigenvalue weighted by molar-refractivity contribution is -0.120. The number of piperidine rings is 1. The lowest BCUT2D eigenvalue weighted by atomic mass is 10.0. The number of carbonyl (C=O) groups is 1. The molecule has 0 bridgehead atoms. The summed E-state index contributed by atoms with van der Waals surface area (Å²) in [7, 11) is -3.84. The van der Waals surface area contributed by atoms with Crippen LogP contribution in [0.15, 0.2) is 57.9 Å². The molecule has 1 fully saturated rings. The van der Waals surface area contributed by atoms with E-state index < -0.39 is 28.6 Å². The number of alkyl halides is 2. The largest absolute Gasteiger partial charge is 0.435 e. The van der Waals surface area contributed by atoms with Crippen LogP contribution in [0.4, 0.5) is 14.5 Å². The Bertz CT molecular complexity index is 953. The summed E-state index contributed by atoms with van der Waals surface area (Å²) in [5.41, 5.74) is 0.364. The normalized spacial score (nSPS) is 17.9. The van der Waals surface area contributed by atoms with Crippen molar-refractivity contribution in [3.63, 3.8) is 0 Å². The van der Waals surface area contributed by atoms with Gasteiger partial charge in [0.15, 0.2) is 0 Å². The SMILES string of the molecule is O=C(Nc1ccc(OC(F)F)cc1)C1CCCCN1S(=O)(=O)c1ccc(Br)cc1. The van der Waals surface area contributed by atoms with Crippen LogP contribution in [0, 0.1) is 0 Å². The number of anilines is 1. The molecule has 2 aromatic rings. The van der Waals surface area contributed by atoms with Gasteiger partial charge >= 0.3 is 6.61 Å². The van der Waals surface area contributed by atoms with Crippen molar-refractivity contribution in [3.8, 4) is 5.75 Å². The highest BCUT2D eigenvalue weighted by Crippen LogP contribution is 2.27. The van der Waals surface area contributed by atoms with Crippen molar-refractivity contribution in [1.29, 1.82) is 0 Å². The van der Waals surface area contributed by atoms with Gasteiger partial charge in [0.1, 0.15) is 11.8 Å². The highest BCUT2D eigenvalue weighted by molar-refractivity contribution is 9.10. The number of carbonyl (C=O) groups excluding carboxylic acids is 1. The second-order valence-electron chi connectivity index (χ2n) is 6.47. The van der Waals surface area contributed by atoms with Gasteiger partial charge in [0.05, 0.1) is 4.90 Å². The molecule has 1 amide bonds. The van der Waals surface area contributed by atoms with Crippen molar-refractivity contribution in [2.75, 3.05) is 11.9 Å². The van der Waals surface area contributed by atoms with Crippen molar-refractivity contribution in [2.24, 2.45) is 0 Å². The molecule has 1 atom stereocenters. The average molecular weight is 489 g/mol. The molecule has 1 unspecified atom stereocenters. The Morgan fingerprint density at radius 1 is 1.10 bits per heavy atom. The molecule has 6 nitrogen and oxygen atoms in total. The van der Waals surface area contributed by atoms with Gasteiger partial charge in [-0.15, -0.1) is 0 Å². The molecule has 0 saturated carbocycles. The summed E-state index contributed by atoms with van der Waals surface area (Å²) in [5.74, 6) is -0.497. The first-order valence-corrected chi connectivity index (χ1v) is 11.1. The van der Waals surface area contributed by atoms with Gasteiger partial charge in [-0.3, -0.25) is 4.79 Å². The van der Waals surface area contributed by atoms with E-state index in [-0.39, 0.29) is 17.2 Å². The maximum atomic E-state index is 13.1. The van der Waals surface area contributed by atoms with Crippen LogP contribution < -0.4 is 10.1 Å². The third-order valence-electron chi connectivity index (χ3n) is 4.52. The molecule has 0 aromatic heterocycles. The molecule has 1 heterocycles. The van der Waals surface area contributed by atoms with Crippen LogP contribution in [-0.4, -0.2) is 37.8 Å². The molecule has 0 aliphatic carbocycles. The highest BCUT2D eigenvalue weighted by atomic mass is 79.9. The lowest BCUT2D eigenvalue weighted by Crippen LogP contribution is -2.49. The second-order valence-corrected chi connectivity index (χ2v) is 9.28. The number of benzene rings is 2. The topological polar surface area (TPSA) is 75.7 Å². The van der Waals surface area contributed by atoms with E-state index in [1.807, 2.05) is 0 Å². The molecule has 10 heteroatoms. The van der Waals surface area contributed by atoms with Gasteiger partial charge in [0.2, 0.25) is 15.9 Å². The predicted molar refractivity (Wildman–Crippen MR) is 107 cm³/mol. The van der Waals surface area contributed by atoms with E-state index in [0.29, 0.717) is 18.5 Å². The van der Waals surface area contributed by atoms with E-state index in [9.17, 15) is 22.0 Å². The monoisotopic (exact) mass is 488 g/mol. The summed E-state index contributed by atoms with van der Waals surface area (Å²) in [5, 5.41) is 2.66. The van der Waals surface area contributed by atoms with Gasteiger partial charge in [0.25, 0.3) is 0 Å². The molecular formula is C19H19BrF2N2O4S. The number of nitrogens with one attached hydrogen (secondary N) is 1. The highest BCUT2D eigenvalue weighted by Gasteiger charge is 2.37. The fraction of sp³-hybridized carbons (Fsp3) is 0.316. The van der Waals surface area contributed by atoms with Crippen LogP contribution in [0.3, 0.4) is 0 Å². The molecule has 1 aliphatic rings. The van der Waals surface area contributed by atoms with Gasteiger partial charge in [-0.25, -0.2) is 8.42 Å². The van der Waals surface area contributed by atoms with E-state index >= 15 is 0 Å². The van der Waals surface area contributed by atoms with E-state index in [0.717, 1.165) is 10.9 Å². The fourth-order valence-electron chi connectivity index (χ4n) is 3.14. The summed E-state index contributed by atoms with van der Waals surface area (Å²) in [6.07, 6.45) is 1.79. The number of sulfonamides is 1. The zero-order valence-corrected chi connectivity index (χ0v) is 17.6. The minimum atomic E-state index is -3.84. The van der Waals surface area contributed by atoms with Crippen LogP contribution in [0.2, 0.25) is 0 Å². The Morgan fingerprint density at radius 3 is 2.38 bits per heavy atom. The Hall–Kier alpha value is -2.04. The number of nitrogens with zero attached hydrogens (tertiary/aromatic N) is 1. The Labute approximate surface area is 176 Å². The molecule has 1 saturated heterocycles. The zero-order chi connectivity index (χ0) is 21.0. The molecule has 1 N–H and O–H groups in total. The van der Waals surface area contributed by atoms with Crippen molar-refractivity contribution in [1.82, 2.24) is 4.31 Å². The minimum Gasteiger partial charge on any atom is -0.435 e. The average Bonchev–Trinajstić information content (AvgIpc) is 2.69. The smallest absolute Gasteiger partial charge is 0.387 e. The van der Waals surface area contributed by atoms with Gasteiger partial charge in [-0.2, -0.15) is 13.1 Å². The summed E-state index contributed by atoms with van der Waals surface area (Å²) in [6, 6.07) is 10.9. The Morgan fingerprint density at radius 2 is 1.76 bits per heavy atom. The van der Waals surface area contributed by atoms with E-state index in [2.05, 4.69) is 26.0 Å². The number of rotatable bonds is 6. The van der Waals surface area contributed by atoms with Crippen LogP contribution in [0.1, 0.15) is 19.3 Å². The summed E-state index contributed by atoms with van der Waals surface area (Å²) in [4.78, 5) is 12.9. The maximum Gasteiger partial charge on any atom is 0.387 e. The second kappa shape index (κ2) is 9.19. The summed E-state index contributed by atoms with van der Waals surface area (Å²) in [6.45, 7) is -2.69. The molecule has 1 aliphatic heterocycles. The van der Waals surface area contributed by atoms with Crippen LogP contribution >= 0.6 is 15.9 Å². The first kappa shape index (κ1) is 21.7. The van der Waals surface area contributed by atoms with Gasteiger partial charge < -0.3 is 10.1 Å². The summed E-state index contributed by atoms with van der Waals surface area (Å²) < 4.78 is 56.8. The van der Waals surface area contributed by atoms with Gasteiger partial charge in [-0.05, 0) is 61.4 Å². The van der Waals surface area contributed by atoms with E-state index in [1.165, 1.54) is 40.7 Å². The predicted octanol–water partition coefficient (Wildman–Crippen LogP) is 4.23. The van der Waals surface area contributed by atoms with E-state index in [4.69, 9.17) is 0 Å². The quantitative estimate of drug-likeness (QED) is 0.659. The van der Waals surface area contributed by atoms with Crippen LogP contribution in [0.5, 0.6) is 5.75 Å². The van der Waals surface area contributed by atoms with E-state index in [1.54, 1.807) is 12.1 Å². The molecule has 0 radical (unpaired) electrons. The van der Waals surface area contributed by atoms with Gasteiger partial charge in [-0.1, -0.05) is 22.4 Å². The molecule has 156 valence electrons. The third kappa shape index (κ3) is 5.31. The van der Waals surface area contributed by atoms with Crippen molar-refractivity contribution in [2.45, 2.75) is 36.8 Å². The Kier molecular flexibility index (Phi) is 6.86. The minimum absolute atomic E-state index is 0.0323. The van der Waals surface area contributed by atoms with Crippen molar-refractivity contribution < 1.29 is 26.7 Å². The molecule has 2 aromatic carbocycles. The molecular weight excluding hydrogens is 470 g/mol. The third-order valence-corrected chi connectivity index (χ3v) is 6.97. The molecule has 0 spiro atoms.